The van der Waals surface area contributed by atoms with Crippen LogP contribution in [0, 0.1) is 12.1 Å². The molecule has 4 aromatic rings. The van der Waals surface area contributed by atoms with Crippen LogP contribution in [-0.4, -0.2) is 10.2 Å². The van der Waals surface area contributed by atoms with Gasteiger partial charge in [0.1, 0.15) is 11.5 Å². The molecule has 0 aliphatic heterocycles. The first-order valence-corrected chi connectivity index (χ1v) is 6.92. The molecule has 4 aromatic carbocycles. The first-order chi connectivity index (χ1) is 10.7. The van der Waals surface area contributed by atoms with Crippen LogP contribution in [0.25, 0.3) is 21.5 Å². The van der Waals surface area contributed by atoms with Gasteiger partial charge in [0.2, 0.25) is 0 Å². The van der Waals surface area contributed by atoms with Crippen molar-refractivity contribution in [1.29, 1.82) is 0 Å². The molecule has 2 N–H and O–H groups in total. The van der Waals surface area contributed by atoms with Crippen molar-refractivity contribution < 1.29 is 10.2 Å². The first kappa shape index (κ1) is 14.0. The number of fused-ring (bicyclic) bond motifs is 2. The number of rotatable bonds is 0. The van der Waals surface area contributed by atoms with Crippen molar-refractivity contribution >= 4 is 21.5 Å². The highest BCUT2D eigenvalue weighted by Gasteiger charge is 1.93. The third-order valence-electron chi connectivity index (χ3n) is 3.29. The van der Waals surface area contributed by atoms with E-state index in [4.69, 9.17) is 10.2 Å². The second-order valence-corrected chi connectivity index (χ2v) is 4.86. The number of phenols is 2. The maximum absolute atomic E-state index is 9.07. The van der Waals surface area contributed by atoms with Gasteiger partial charge in [-0.3, -0.25) is 0 Å². The topological polar surface area (TPSA) is 40.5 Å². The normalized spacial score (nSPS) is 10.2. The molecule has 2 nitrogen and oxygen atoms in total. The number of hydrogen-bond acceptors (Lipinski definition) is 2. The summed E-state index contributed by atoms with van der Waals surface area (Å²) in [5, 5.41) is 22.3. The molecule has 0 heterocycles. The van der Waals surface area contributed by atoms with Gasteiger partial charge in [-0.05, 0) is 33.7 Å². The van der Waals surface area contributed by atoms with E-state index in [1.165, 1.54) is 0 Å². The average molecular weight is 286 g/mol. The van der Waals surface area contributed by atoms with Gasteiger partial charge >= 0.3 is 0 Å². The van der Waals surface area contributed by atoms with Crippen LogP contribution in [0.1, 0.15) is 0 Å². The van der Waals surface area contributed by atoms with Gasteiger partial charge in [-0.2, -0.15) is 0 Å². The zero-order chi connectivity index (χ0) is 15.4. The fourth-order valence-corrected chi connectivity index (χ4v) is 2.21. The van der Waals surface area contributed by atoms with Gasteiger partial charge < -0.3 is 10.2 Å². The second kappa shape index (κ2) is 6.19. The van der Waals surface area contributed by atoms with E-state index in [9.17, 15) is 0 Å². The summed E-state index contributed by atoms with van der Waals surface area (Å²) < 4.78 is 0. The molecular weight excluding hydrogens is 272 g/mol. The maximum atomic E-state index is 9.07. The van der Waals surface area contributed by atoms with Gasteiger partial charge in [-0.15, -0.1) is 0 Å². The number of aromatic hydroxyl groups is 2. The van der Waals surface area contributed by atoms with Crippen LogP contribution in [0.4, 0.5) is 0 Å². The largest absolute Gasteiger partial charge is 0.507 e. The summed E-state index contributed by atoms with van der Waals surface area (Å²) in [6.07, 6.45) is 0. The number of hydrogen-bond donors (Lipinski definition) is 2. The van der Waals surface area contributed by atoms with Crippen molar-refractivity contribution in [3.05, 3.63) is 84.9 Å². The zero-order valence-electron chi connectivity index (χ0n) is 11.8. The molecule has 0 bridgehead atoms. The molecule has 0 aliphatic rings. The molecular formula is C20H14O2. The third-order valence-corrected chi connectivity index (χ3v) is 3.29. The molecule has 106 valence electrons. The van der Waals surface area contributed by atoms with E-state index in [0.29, 0.717) is 0 Å². The van der Waals surface area contributed by atoms with Crippen molar-refractivity contribution in [1.82, 2.24) is 0 Å². The van der Waals surface area contributed by atoms with Crippen molar-refractivity contribution in [2.24, 2.45) is 0 Å². The van der Waals surface area contributed by atoms with Crippen LogP contribution >= 0.6 is 0 Å². The van der Waals surface area contributed by atoms with E-state index in [1.807, 2.05) is 60.7 Å². The minimum atomic E-state index is 0.198. The minimum absolute atomic E-state index is 0.198. The van der Waals surface area contributed by atoms with Crippen LogP contribution in [0.15, 0.2) is 72.8 Å². The van der Waals surface area contributed by atoms with Gasteiger partial charge in [0.15, 0.2) is 0 Å². The predicted molar refractivity (Wildman–Crippen MR) is 88.9 cm³/mol. The lowest BCUT2D eigenvalue weighted by Gasteiger charge is -1.95. The van der Waals surface area contributed by atoms with Crippen molar-refractivity contribution in [2.75, 3.05) is 0 Å². The van der Waals surface area contributed by atoms with Crippen LogP contribution < -0.4 is 0 Å². The van der Waals surface area contributed by atoms with Crippen LogP contribution in [0.2, 0.25) is 0 Å². The summed E-state index contributed by atoms with van der Waals surface area (Å²) in [5.74, 6) is 0.396. The molecule has 0 unspecified atom stereocenters. The van der Waals surface area contributed by atoms with Crippen LogP contribution in [0.3, 0.4) is 0 Å². The monoisotopic (exact) mass is 286 g/mol. The second-order valence-electron chi connectivity index (χ2n) is 4.86. The molecule has 0 saturated heterocycles. The van der Waals surface area contributed by atoms with Gasteiger partial charge in [0.05, 0.1) is 0 Å². The van der Waals surface area contributed by atoms with E-state index < -0.39 is 0 Å². The third kappa shape index (κ3) is 3.18. The Morgan fingerprint density at radius 1 is 0.500 bits per heavy atom. The first-order valence-electron chi connectivity index (χ1n) is 6.92. The molecule has 0 spiro atoms. The summed E-state index contributed by atoms with van der Waals surface area (Å²) in [6.45, 7) is 0. The van der Waals surface area contributed by atoms with E-state index in [-0.39, 0.29) is 11.5 Å². The molecule has 0 aliphatic carbocycles. The Morgan fingerprint density at radius 2 is 0.909 bits per heavy atom. The maximum Gasteiger partial charge on any atom is 0.124 e. The van der Waals surface area contributed by atoms with E-state index >= 15 is 0 Å². The summed E-state index contributed by atoms with van der Waals surface area (Å²) in [7, 11) is 0. The van der Waals surface area contributed by atoms with Crippen molar-refractivity contribution in [3.63, 3.8) is 0 Å². The lowest BCUT2D eigenvalue weighted by Crippen LogP contribution is -1.70. The highest BCUT2D eigenvalue weighted by Crippen LogP contribution is 2.18. The Kier molecular flexibility index (Phi) is 3.92. The van der Waals surface area contributed by atoms with Gasteiger partial charge in [-0.25, -0.2) is 0 Å². The number of benzene rings is 4. The summed E-state index contributed by atoms with van der Waals surface area (Å²) in [6, 6.07) is 28.3. The van der Waals surface area contributed by atoms with Gasteiger partial charge in [-0.1, -0.05) is 60.7 Å². The quantitative estimate of drug-likeness (QED) is 0.492. The number of phenolic OH excluding ortho intramolecular Hbond substituents is 2. The molecule has 0 amide bonds. The highest BCUT2D eigenvalue weighted by atomic mass is 16.3. The Hall–Kier alpha value is -3.00. The molecule has 0 atom stereocenters. The minimum Gasteiger partial charge on any atom is -0.507 e. The molecule has 0 aromatic heterocycles. The molecule has 0 saturated carbocycles. The fourth-order valence-electron chi connectivity index (χ4n) is 2.21. The summed E-state index contributed by atoms with van der Waals surface area (Å²) >= 11 is 0. The zero-order valence-corrected chi connectivity index (χ0v) is 11.8. The van der Waals surface area contributed by atoms with Gasteiger partial charge in [0, 0.05) is 12.1 Å². The molecule has 0 fully saturated rings. The van der Waals surface area contributed by atoms with E-state index in [0.717, 1.165) is 21.5 Å². The smallest absolute Gasteiger partial charge is 0.124 e. The predicted octanol–water partition coefficient (Wildman–Crippen LogP) is 4.69. The highest BCUT2D eigenvalue weighted by molar-refractivity contribution is 5.83. The van der Waals surface area contributed by atoms with E-state index in [1.54, 1.807) is 12.1 Å². The molecule has 2 heteroatoms. The van der Waals surface area contributed by atoms with Gasteiger partial charge in [0.25, 0.3) is 0 Å². The molecule has 4 rings (SSSR count). The van der Waals surface area contributed by atoms with Crippen molar-refractivity contribution in [3.8, 4) is 11.5 Å². The Balaban J connectivity index is 0.000000131. The van der Waals surface area contributed by atoms with Crippen molar-refractivity contribution in [2.45, 2.75) is 0 Å². The SMILES string of the molecule is Oc1[c]c2ccccc2cc1.Oc1[c]c2ccccc2cc1. The Labute approximate surface area is 128 Å². The molecule has 22 heavy (non-hydrogen) atoms. The Bertz CT molecular complexity index is 836. The lowest BCUT2D eigenvalue weighted by molar-refractivity contribution is 0.474. The average Bonchev–Trinajstić information content (AvgIpc) is 2.55. The lowest BCUT2D eigenvalue weighted by atomic mass is 10.1. The van der Waals surface area contributed by atoms with Crippen LogP contribution in [-0.2, 0) is 0 Å². The fraction of sp³-hybridized carbons (Fsp3) is 0. The molecule has 2 radical (unpaired) electrons. The summed E-state index contributed by atoms with van der Waals surface area (Å²) in [5.41, 5.74) is 0. The summed E-state index contributed by atoms with van der Waals surface area (Å²) in [4.78, 5) is 0. The standard InChI is InChI=1S/2C10H7O/c2*11-10-6-5-8-3-1-2-4-9(8)7-10/h2*1-6,11H. The van der Waals surface area contributed by atoms with Crippen LogP contribution in [0.5, 0.6) is 11.5 Å². The Morgan fingerprint density at radius 3 is 1.36 bits per heavy atom. The van der Waals surface area contributed by atoms with E-state index in [2.05, 4.69) is 12.1 Å².